The fourth-order valence-corrected chi connectivity index (χ4v) is 2.50. The van der Waals surface area contributed by atoms with Crippen LogP contribution in [-0.2, 0) is 9.53 Å². The first-order chi connectivity index (χ1) is 9.44. The van der Waals surface area contributed by atoms with Crippen molar-refractivity contribution in [2.75, 3.05) is 26.3 Å². The summed E-state index contributed by atoms with van der Waals surface area (Å²) < 4.78 is 40.5. The number of carbonyl (C=O) groups excluding carboxylic acids is 1. The number of nitrogens with zero attached hydrogens (tertiary/aromatic N) is 1. The average molecular weight is 296 g/mol. The van der Waals surface area contributed by atoms with Gasteiger partial charge in [0, 0.05) is 12.6 Å². The third kappa shape index (κ3) is 6.56. The third-order valence-corrected chi connectivity index (χ3v) is 3.43. The lowest BCUT2D eigenvalue weighted by Crippen LogP contribution is -2.44. The Labute approximate surface area is 117 Å². The van der Waals surface area contributed by atoms with Gasteiger partial charge >= 0.3 is 6.18 Å². The van der Waals surface area contributed by atoms with E-state index in [-0.39, 0.29) is 11.9 Å². The lowest BCUT2D eigenvalue weighted by molar-refractivity contribution is -0.178. The summed E-state index contributed by atoms with van der Waals surface area (Å²) in [6, 6.07) is 0.122. The third-order valence-electron chi connectivity index (χ3n) is 3.43. The minimum Gasteiger partial charge on any atom is -0.362 e. The molecule has 0 aromatic heterocycles. The minimum absolute atomic E-state index is 0.122. The molecule has 0 spiro atoms. The van der Waals surface area contributed by atoms with E-state index < -0.39 is 19.4 Å². The Morgan fingerprint density at radius 1 is 1.25 bits per heavy atom. The molecular formula is C13H23F3N2O2. The molecule has 0 heterocycles. The van der Waals surface area contributed by atoms with Crippen molar-refractivity contribution in [2.24, 2.45) is 5.73 Å². The normalized spacial score (nSPS) is 17.2. The van der Waals surface area contributed by atoms with E-state index in [1.165, 1.54) is 0 Å². The topological polar surface area (TPSA) is 55.6 Å². The summed E-state index contributed by atoms with van der Waals surface area (Å²) in [6.07, 6.45) is 1.35. The number of hydrogen-bond acceptors (Lipinski definition) is 3. The number of hydrogen-bond donors (Lipinski definition) is 1. The lowest BCUT2D eigenvalue weighted by atomic mass is 9.94. The van der Waals surface area contributed by atoms with Gasteiger partial charge in [-0.05, 0) is 25.8 Å². The first-order valence-electron chi connectivity index (χ1n) is 7.08. The molecule has 1 aliphatic rings. The molecule has 1 saturated carbocycles. The molecule has 0 aromatic rings. The van der Waals surface area contributed by atoms with Crippen molar-refractivity contribution in [3.8, 4) is 0 Å². The van der Waals surface area contributed by atoms with Gasteiger partial charge in [-0.2, -0.15) is 13.2 Å². The molecular weight excluding hydrogens is 273 g/mol. The van der Waals surface area contributed by atoms with Crippen LogP contribution < -0.4 is 5.73 Å². The van der Waals surface area contributed by atoms with Crippen molar-refractivity contribution < 1.29 is 22.7 Å². The quantitative estimate of drug-likeness (QED) is 0.782. The maximum absolute atomic E-state index is 12.0. The van der Waals surface area contributed by atoms with Gasteiger partial charge in [0.1, 0.15) is 13.2 Å². The van der Waals surface area contributed by atoms with Gasteiger partial charge in [-0.15, -0.1) is 0 Å². The molecule has 0 bridgehead atoms. The van der Waals surface area contributed by atoms with E-state index in [1.807, 2.05) is 0 Å². The van der Waals surface area contributed by atoms with Crippen molar-refractivity contribution in [3.05, 3.63) is 0 Å². The first-order valence-corrected chi connectivity index (χ1v) is 7.08. The van der Waals surface area contributed by atoms with Gasteiger partial charge in [-0.1, -0.05) is 19.3 Å². The Morgan fingerprint density at radius 2 is 1.90 bits per heavy atom. The van der Waals surface area contributed by atoms with Gasteiger partial charge in [0.25, 0.3) is 0 Å². The van der Waals surface area contributed by atoms with E-state index in [4.69, 9.17) is 5.73 Å². The van der Waals surface area contributed by atoms with Gasteiger partial charge in [0.15, 0.2) is 0 Å². The first kappa shape index (κ1) is 17.2. The highest BCUT2D eigenvalue weighted by atomic mass is 19.4. The number of rotatable bonds is 7. The highest BCUT2D eigenvalue weighted by Crippen LogP contribution is 2.23. The van der Waals surface area contributed by atoms with Crippen LogP contribution in [0.3, 0.4) is 0 Å². The second kappa shape index (κ2) is 8.46. The SMILES string of the molecule is NCCCN(C(=O)COCC(F)(F)F)C1CCCCC1. The second-order valence-corrected chi connectivity index (χ2v) is 5.13. The molecule has 0 atom stereocenters. The number of ether oxygens (including phenoxy) is 1. The summed E-state index contributed by atoms with van der Waals surface area (Å²) in [5.41, 5.74) is 5.45. The Balaban J connectivity index is 2.46. The summed E-state index contributed by atoms with van der Waals surface area (Å²) >= 11 is 0. The van der Waals surface area contributed by atoms with E-state index >= 15 is 0 Å². The van der Waals surface area contributed by atoms with Crippen molar-refractivity contribution >= 4 is 5.91 Å². The maximum Gasteiger partial charge on any atom is 0.411 e. The molecule has 20 heavy (non-hydrogen) atoms. The van der Waals surface area contributed by atoms with Crippen molar-refractivity contribution in [3.63, 3.8) is 0 Å². The van der Waals surface area contributed by atoms with Gasteiger partial charge in [0.05, 0.1) is 0 Å². The predicted molar refractivity (Wildman–Crippen MR) is 69.1 cm³/mol. The summed E-state index contributed by atoms with van der Waals surface area (Å²) in [5.74, 6) is -0.366. The number of amides is 1. The zero-order valence-electron chi connectivity index (χ0n) is 11.6. The predicted octanol–water partition coefficient (Wildman–Crippen LogP) is 2.08. The number of carbonyl (C=O) groups is 1. The van der Waals surface area contributed by atoms with E-state index in [2.05, 4.69) is 4.74 Å². The molecule has 0 saturated heterocycles. The molecule has 1 amide bonds. The Bertz CT molecular complexity index is 292. The lowest BCUT2D eigenvalue weighted by Gasteiger charge is -2.34. The van der Waals surface area contributed by atoms with Crippen LogP contribution in [0.5, 0.6) is 0 Å². The van der Waals surface area contributed by atoms with E-state index in [0.29, 0.717) is 19.5 Å². The highest BCUT2D eigenvalue weighted by molar-refractivity contribution is 5.77. The number of nitrogens with two attached hydrogens (primary N) is 1. The molecule has 118 valence electrons. The Morgan fingerprint density at radius 3 is 2.45 bits per heavy atom. The largest absolute Gasteiger partial charge is 0.411 e. The summed E-state index contributed by atoms with van der Waals surface area (Å²) in [6.45, 7) is -0.940. The van der Waals surface area contributed by atoms with E-state index in [0.717, 1.165) is 32.1 Å². The van der Waals surface area contributed by atoms with Crippen LogP contribution in [0.15, 0.2) is 0 Å². The zero-order chi connectivity index (χ0) is 15.0. The van der Waals surface area contributed by atoms with Crippen LogP contribution >= 0.6 is 0 Å². The van der Waals surface area contributed by atoms with E-state index in [9.17, 15) is 18.0 Å². The molecule has 0 unspecified atom stereocenters. The fraction of sp³-hybridized carbons (Fsp3) is 0.923. The van der Waals surface area contributed by atoms with Crippen LogP contribution in [0.4, 0.5) is 13.2 Å². The van der Waals surface area contributed by atoms with Gasteiger partial charge < -0.3 is 15.4 Å². The molecule has 0 aliphatic heterocycles. The fourth-order valence-electron chi connectivity index (χ4n) is 2.50. The van der Waals surface area contributed by atoms with Crippen molar-refractivity contribution in [1.82, 2.24) is 4.90 Å². The number of halogens is 3. The van der Waals surface area contributed by atoms with Crippen LogP contribution in [0.2, 0.25) is 0 Å². The van der Waals surface area contributed by atoms with Crippen LogP contribution in [0.25, 0.3) is 0 Å². The minimum atomic E-state index is -4.40. The summed E-state index contributed by atoms with van der Waals surface area (Å²) in [4.78, 5) is 13.7. The standard InChI is InChI=1S/C13H23F3N2O2/c14-13(15,16)10-20-9-12(19)18(8-4-7-17)11-5-2-1-3-6-11/h11H,1-10,17H2. The van der Waals surface area contributed by atoms with E-state index in [1.54, 1.807) is 4.90 Å². The molecule has 1 aliphatic carbocycles. The molecule has 7 heteroatoms. The Hall–Kier alpha value is -0.820. The molecule has 0 radical (unpaired) electrons. The average Bonchev–Trinajstić information content (AvgIpc) is 2.39. The van der Waals surface area contributed by atoms with Crippen molar-refractivity contribution in [1.29, 1.82) is 0 Å². The molecule has 1 fully saturated rings. The maximum atomic E-state index is 12.0. The van der Waals surface area contributed by atoms with Gasteiger partial charge in [-0.25, -0.2) is 0 Å². The zero-order valence-corrected chi connectivity index (χ0v) is 11.6. The van der Waals surface area contributed by atoms with Gasteiger partial charge in [0.2, 0.25) is 5.91 Å². The van der Waals surface area contributed by atoms with Gasteiger partial charge in [-0.3, -0.25) is 4.79 Å². The number of alkyl halides is 3. The molecule has 4 nitrogen and oxygen atoms in total. The molecule has 1 rings (SSSR count). The monoisotopic (exact) mass is 296 g/mol. The van der Waals surface area contributed by atoms with Crippen molar-refractivity contribution in [2.45, 2.75) is 50.7 Å². The van der Waals surface area contributed by atoms with Crippen LogP contribution in [-0.4, -0.2) is 49.3 Å². The van der Waals surface area contributed by atoms with Crippen LogP contribution in [0, 0.1) is 0 Å². The summed E-state index contributed by atoms with van der Waals surface area (Å²) in [5, 5.41) is 0. The van der Waals surface area contributed by atoms with Crippen LogP contribution in [0.1, 0.15) is 38.5 Å². The summed E-state index contributed by atoms with van der Waals surface area (Å²) in [7, 11) is 0. The molecule has 0 aromatic carbocycles. The highest BCUT2D eigenvalue weighted by Gasteiger charge is 2.29. The smallest absolute Gasteiger partial charge is 0.362 e. The Kier molecular flexibility index (Phi) is 7.29. The molecule has 2 N–H and O–H groups in total. The second-order valence-electron chi connectivity index (χ2n) is 5.13.